The summed E-state index contributed by atoms with van der Waals surface area (Å²) in [6.45, 7) is 2.76. The molecule has 0 aliphatic rings. The van der Waals surface area contributed by atoms with Gasteiger partial charge in [0, 0.05) is 24.1 Å². The van der Waals surface area contributed by atoms with E-state index in [0.717, 1.165) is 11.1 Å². The Morgan fingerprint density at radius 1 is 1.07 bits per heavy atom. The van der Waals surface area contributed by atoms with E-state index in [0.29, 0.717) is 13.1 Å². The first-order valence-corrected chi connectivity index (χ1v) is 9.12. The summed E-state index contributed by atoms with van der Waals surface area (Å²) in [5, 5.41) is 22.2. The minimum atomic E-state index is -1.43. The molecule has 150 valence electrons. The molecule has 0 spiro atoms. The Morgan fingerprint density at radius 3 is 1.93 bits per heavy atom. The molecule has 28 heavy (non-hydrogen) atoms. The second-order valence-electron chi connectivity index (χ2n) is 6.74. The van der Waals surface area contributed by atoms with Crippen molar-refractivity contribution in [3.05, 3.63) is 81.9 Å². The molecule has 3 atom stereocenters. The van der Waals surface area contributed by atoms with Gasteiger partial charge in [0.1, 0.15) is 12.5 Å². The Balaban J connectivity index is 2.23. The average molecular weight is 386 g/mol. The van der Waals surface area contributed by atoms with Gasteiger partial charge < -0.3 is 9.84 Å². The van der Waals surface area contributed by atoms with Gasteiger partial charge >= 0.3 is 5.97 Å². The average Bonchev–Trinajstić information content (AvgIpc) is 2.71. The van der Waals surface area contributed by atoms with Gasteiger partial charge in [-0.05, 0) is 18.1 Å². The SMILES string of the molecule is COC(=O)C[C@H]([C@@H](O)[C@H](C)N(Cc1ccccc1)Cc1ccccc1)[N+](=O)[O-]. The number of rotatable bonds is 10. The second-order valence-corrected chi connectivity index (χ2v) is 6.74. The molecule has 0 fully saturated rings. The van der Waals surface area contributed by atoms with Gasteiger partial charge in [-0.15, -0.1) is 0 Å². The van der Waals surface area contributed by atoms with Crippen molar-refractivity contribution in [2.24, 2.45) is 0 Å². The second kappa shape index (κ2) is 10.5. The standard InChI is InChI=1S/C21H26N2O5/c1-16(21(25)19(23(26)27)13-20(24)28-2)22(14-17-9-5-3-6-10-17)15-18-11-7-4-8-12-18/h3-12,16,19,21,25H,13-15H2,1-2H3/t16-,19+,21-/m0/s1. The fourth-order valence-corrected chi connectivity index (χ4v) is 3.09. The minimum Gasteiger partial charge on any atom is -0.469 e. The van der Waals surface area contributed by atoms with Crippen LogP contribution < -0.4 is 0 Å². The number of aliphatic hydroxyl groups excluding tert-OH is 1. The maximum Gasteiger partial charge on any atom is 0.312 e. The molecule has 2 aromatic rings. The van der Waals surface area contributed by atoms with Crippen molar-refractivity contribution in [1.82, 2.24) is 4.90 Å². The van der Waals surface area contributed by atoms with Crippen LogP contribution in [0.2, 0.25) is 0 Å². The lowest BCUT2D eigenvalue weighted by Gasteiger charge is -2.33. The molecule has 0 aliphatic carbocycles. The van der Waals surface area contributed by atoms with Crippen LogP contribution in [0.25, 0.3) is 0 Å². The van der Waals surface area contributed by atoms with Crippen LogP contribution in [-0.2, 0) is 22.6 Å². The van der Waals surface area contributed by atoms with E-state index < -0.39 is 35.5 Å². The van der Waals surface area contributed by atoms with Crippen molar-refractivity contribution in [2.75, 3.05) is 7.11 Å². The number of nitrogens with zero attached hydrogens (tertiary/aromatic N) is 2. The van der Waals surface area contributed by atoms with Gasteiger partial charge in [-0.2, -0.15) is 0 Å². The molecule has 0 amide bonds. The third-order valence-electron chi connectivity index (χ3n) is 4.80. The highest BCUT2D eigenvalue weighted by Crippen LogP contribution is 2.19. The summed E-state index contributed by atoms with van der Waals surface area (Å²) in [5.74, 6) is -0.717. The van der Waals surface area contributed by atoms with Gasteiger partial charge in [0.05, 0.1) is 7.11 Å². The highest BCUT2D eigenvalue weighted by Gasteiger charge is 2.38. The lowest BCUT2D eigenvalue weighted by Crippen LogP contribution is -2.49. The molecule has 2 rings (SSSR count). The fraction of sp³-hybridized carbons (Fsp3) is 0.381. The predicted octanol–water partition coefficient (Wildman–Crippen LogP) is 2.65. The zero-order valence-electron chi connectivity index (χ0n) is 16.1. The maximum atomic E-state index is 11.6. The van der Waals surface area contributed by atoms with Crippen molar-refractivity contribution in [1.29, 1.82) is 0 Å². The first-order chi connectivity index (χ1) is 13.4. The largest absolute Gasteiger partial charge is 0.469 e. The number of benzene rings is 2. The molecule has 0 saturated heterocycles. The molecule has 0 unspecified atom stereocenters. The van der Waals surface area contributed by atoms with Crippen molar-refractivity contribution in [2.45, 2.75) is 44.6 Å². The number of nitro groups is 1. The minimum absolute atomic E-state index is 0.473. The van der Waals surface area contributed by atoms with Crippen LogP contribution in [0.15, 0.2) is 60.7 Å². The zero-order chi connectivity index (χ0) is 20.5. The van der Waals surface area contributed by atoms with E-state index in [-0.39, 0.29) is 0 Å². The van der Waals surface area contributed by atoms with Crippen LogP contribution >= 0.6 is 0 Å². The number of aliphatic hydroxyl groups is 1. The van der Waals surface area contributed by atoms with Gasteiger partial charge in [0.15, 0.2) is 0 Å². The summed E-state index contributed by atoms with van der Waals surface area (Å²) in [4.78, 5) is 24.4. The van der Waals surface area contributed by atoms with Crippen molar-refractivity contribution < 1.29 is 19.6 Å². The number of carbonyl (C=O) groups excluding carboxylic acids is 1. The molecule has 7 heteroatoms. The normalized spacial score (nSPS) is 14.3. The Hall–Kier alpha value is -2.77. The van der Waals surface area contributed by atoms with Crippen LogP contribution in [0.1, 0.15) is 24.5 Å². The molecule has 0 aliphatic heterocycles. The Kier molecular flexibility index (Phi) is 8.10. The van der Waals surface area contributed by atoms with E-state index in [1.165, 1.54) is 7.11 Å². The number of ether oxygens (including phenoxy) is 1. The molecule has 0 radical (unpaired) electrons. The predicted molar refractivity (Wildman–Crippen MR) is 105 cm³/mol. The molecule has 2 aromatic carbocycles. The molecule has 0 heterocycles. The number of hydrogen-bond acceptors (Lipinski definition) is 6. The third-order valence-corrected chi connectivity index (χ3v) is 4.80. The molecule has 0 saturated carbocycles. The van der Waals surface area contributed by atoms with E-state index in [1.54, 1.807) is 6.92 Å². The summed E-state index contributed by atoms with van der Waals surface area (Å²) in [5.41, 5.74) is 2.06. The maximum absolute atomic E-state index is 11.6. The smallest absolute Gasteiger partial charge is 0.312 e. The Labute approximate surface area is 164 Å². The molecule has 7 nitrogen and oxygen atoms in total. The first-order valence-electron chi connectivity index (χ1n) is 9.12. The Morgan fingerprint density at radius 2 is 1.54 bits per heavy atom. The zero-order valence-corrected chi connectivity index (χ0v) is 16.1. The monoisotopic (exact) mass is 386 g/mol. The molecular formula is C21H26N2O5. The van der Waals surface area contributed by atoms with Crippen molar-refractivity contribution >= 4 is 5.97 Å². The van der Waals surface area contributed by atoms with E-state index in [2.05, 4.69) is 4.74 Å². The van der Waals surface area contributed by atoms with Gasteiger partial charge in [0.2, 0.25) is 0 Å². The highest BCUT2D eigenvalue weighted by molar-refractivity contribution is 5.69. The summed E-state index contributed by atoms with van der Waals surface area (Å²) in [6, 6.07) is 17.4. The molecular weight excluding hydrogens is 360 g/mol. The van der Waals surface area contributed by atoms with E-state index in [4.69, 9.17) is 0 Å². The van der Waals surface area contributed by atoms with Gasteiger partial charge in [0.25, 0.3) is 6.04 Å². The van der Waals surface area contributed by atoms with Crippen molar-refractivity contribution in [3.63, 3.8) is 0 Å². The third kappa shape index (κ3) is 6.14. The number of hydrogen-bond donors (Lipinski definition) is 1. The molecule has 0 bridgehead atoms. The highest BCUT2D eigenvalue weighted by atomic mass is 16.6. The topological polar surface area (TPSA) is 92.9 Å². The summed E-state index contributed by atoms with van der Waals surface area (Å²) >= 11 is 0. The van der Waals surface area contributed by atoms with Crippen LogP contribution in [0.4, 0.5) is 0 Å². The number of methoxy groups -OCH3 is 1. The fourth-order valence-electron chi connectivity index (χ4n) is 3.09. The van der Waals surface area contributed by atoms with Crippen molar-refractivity contribution in [3.8, 4) is 0 Å². The van der Waals surface area contributed by atoms with Crippen LogP contribution in [0.5, 0.6) is 0 Å². The molecule has 0 aromatic heterocycles. The van der Waals surface area contributed by atoms with Gasteiger partial charge in [-0.1, -0.05) is 60.7 Å². The van der Waals surface area contributed by atoms with Crippen LogP contribution in [0, 0.1) is 10.1 Å². The quantitative estimate of drug-likeness (QED) is 0.383. The molecule has 1 N–H and O–H groups in total. The summed E-state index contributed by atoms with van der Waals surface area (Å²) < 4.78 is 4.54. The summed E-state index contributed by atoms with van der Waals surface area (Å²) in [7, 11) is 1.17. The number of carbonyl (C=O) groups is 1. The van der Waals surface area contributed by atoms with E-state index in [9.17, 15) is 20.0 Å². The lowest BCUT2D eigenvalue weighted by atomic mass is 9.99. The van der Waals surface area contributed by atoms with E-state index in [1.807, 2.05) is 65.6 Å². The van der Waals surface area contributed by atoms with Gasteiger partial charge in [-0.25, -0.2) is 0 Å². The Bertz CT molecular complexity index is 712. The van der Waals surface area contributed by atoms with Gasteiger partial charge in [-0.3, -0.25) is 19.8 Å². The van der Waals surface area contributed by atoms with Crippen LogP contribution in [0.3, 0.4) is 0 Å². The first kappa shape index (κ1) is 21.5. The lowest BCUT2D eigenvalue weighted by molar-refractivity contribution is -0.535. The summed E-state index contributed by atoms with van der Waals surface area (Å²) in [6.07, 6.45) is -1.80. The number of esters is 1. The van der Waals surface area contributed by atoms with E-state index >= 15 is 0 Å². The van der Waals surface area contributed by atoms with Crippen LogP contribution in [-0.4, -0.2) is 46.2 Å².